The van der Waals surface area contributed by atoms with Crippen LogP contribution in [0.1, 0.15) is 0 Å². The third kappa shape index (κ3) is 0.840. The van der Waals surface area contributed by atoms with Gasteiger partial charge in [0, 0.05) is 0 Å². The van der Waals surface area contributed by atoms with Gasteiger partial charge in [-0.25, -0.2) is 10.9 Å². The fraction of sp³-hybridized carbons (Fsp3) is 0.143. The number of para-hydroxylation sites is 2. The van der Waals surface area contributed by atoms with Gasteiger partial charge in [-0.15, -0.1) is 0 Å². The van der Waals surface area contributed by atoms with Gasteiger partial charge < -0.3 is 9.84 Å². The maximum atomic E-state index is 9.10. The lowest BCUT2D eigenvalue weighted by atomic mass is 10.3. The van der Waals surface area contributed by atoms with Crippen LogP contribution in [0.5, 0.6) is 5.75 Å². The monoisotopic (exact) mass is 152 g/mol. The third-order valence-electron chi connectivity index (χ3n) is 1.61. The molecule has 0 radical (unpaired) electrons. The number of fused-ring (bicyclic) bond motifs is 1. The molecule has 0 spiro atoms. The van der Waals surface area contributed by atoms with E-state index >= 15 is 0 Å². The van der Waals surface area contributed by atoms with Crippen molar-refractivity contribution in [3.63, 3.8) is 0 Å². The lowest BCUT2D eigenvalue weighted by Crippen LogP contribution is -2.39. The molecule has 2 rings (SSSR count). The Labute approximate surface area is 63.8 Å². The normalized spacial score (nSPS) is 21.3. The van der Waals surface area contributed by atoms with E-state index in [2.05, 4.69) is 0 Å². The quantitative estimate of drug-likeness (QED) is 0.515. The maximum absolute atomic E-state index is 9.10. The summed E-state index contributed by atoms with van der Waals surface area (Å²) in [6, 6.07) is 7.20. The van der Waals surface area contributed by atoms with Crippen molar-refractivity contribution in [2.24, 2.45) is 5.84 Å². The molecule has 11 heavy (non-hydrogen) atoms. The van der Waals surface area contributed by atoms with E-state index in [1.165, 1.54) is 5.01 Å². The molecule has 58 valence electrons. The highest BCUT2D eigenvalue weighted by molar-refractivity contribution is 5.60. The fourth-order valence-electron chi connectivity index (χ4n) is 1.06. The number of nitrogens with two attached hydrogens (primary N) is 1. The Morgan fingerprint density at radius 2 is 2.18 bits per heavy atom. The second-order valence-corrected chi connectivity index (χ2v) is 2.32. The summed E-state index contributed by atoms with van der Waals surface area (Å²) in [6.45, 7) is 0. The number of hydrogen-bond acceptors (Lipinski definition) is 4. The Hall–Kier alpha value is -1.26. The third-order valence-corrected chi connectivity index (χ3v) is 1.61. The van der Waals surface area contributed by atoms with Gasteiger partial charge in [-0.1, -0.05) is 12.1 Å². The molecule has 0 fully saturated rings. The van der Waals surface area contributed by atoms with Crippen molar-refractivity contribution in [3.8, 4) is 5.75 Å². The van der Waals surface area contributed by atoms with E-state index < -0.39 is 6.41 Å². The van der Waals surface area contributed by atoms with E-state index in [1.54, 1.807) is 12.1 Å². The maximum Gasteiger partial charge on any atom is 0.295 e. The van der Waals surface area contributed by atoms with E-state index in [-0.39, 0.29) is 0 Å². The van der Waals surface area contributed by atoms with E-state index in [0.29, 0.717) is 11.4 Å². The number of anilines is 1. The Kier molecular flexibility index (Phi) is 1.24. The largest absolute Gasteiger partial charge is 0.443 e. The van der Waals surface area contributed by atoms with Crippen LogP contribution in [0.25, 0.3) is 0 Å². The SMILES string of the molecule is NN1c2ccccc2OC1O. The number of hydrogen-bond donors (Lipinski definition) is 2. The minimum atomic E-state index is -1.05. The van der Waals surface area contributed by atoms with Gasteiger partial charge in [-0.05, 0) is 12.1 Å². The van der Waals surface area contributed by atoms with Crippen LogP contribution in [0, 0.1) is 0 Å². The predicted molar refractivity (Wildman–Crippen MR) is 39.7 cm³/mol. The van der Waals surface area contributed by atoms with Crippen LogP contribution in [0.15, 0.2) is 24.3 Å². The first kappa shape index (κ1) is 6.45. The van der Waals surface area contributed by atoms with Gasteiger partial charge in [0.2, 0.25) is 0 Å². The molecule has 1 aliphatic rings. The van der Waals surface area contributed by atoms with Crippen LogP contribution in [-0.2, 0) is 0 Å². The zero-order chi connectivity index (χ0) is 7.84. The molecule has 0 saturated heterocycles. The van der Waals surface area contributed by atoms with Crippen molar-refractivity contribution in [3.05, 3.63) is 24.3 Å². The number of hydrazine groups is 1. The molecule has 0 amide bonds. The van der Waals surface area contributed by atoms with Crippen molar-refractivity contribution in [1.29, 1.82) is 0 Å². The summed E-state index contributed by atoms with van der Waals surface area (Å²) < 4.78 is 4.98. The minimum absolute atomic E-state index is 0.613. The summed E-state index contributed by atoms with van der Waals surface area (Å²) in [4.78, 5) is 0. The van der Waals surface area contributed by atoms with Gasteiger partial charge in [0.1, 0.15) is 11.4 Å². The standard InChI is InChI=1S/C7H8N2O2/c8-9-5-3-1-2-4-6(5)11-7(9)10/h1-4,7,10H,8H2. The lowest BCUT2D eigenvalue weighted by molar-refractivity contribution is -0.00279. The van der Waals surface area contributed by atoms with Crippen molar-refractivity contribution in [1.82, 2.24) is 0 Å². The van der Waals surface area contributed by atoms with Crippen LogP contribution in [0.3, 0.4) is 0 Å². The molecule has 0 bridgehead atoms. The van der Waals surface area contributed by atoms with Crippen LogP contribution in [-0.4, -0.2) is 11.5 Å². The Bertz CT molecular complexity index is 277. The van der Waals surface area contributed by atoms with E-state index in [0.717, 1.165) is 0 Å². The first-order chi connectivity index (χ1) is 5.29. The highest BCUT2D eigenvalue weighted by Gasteiger charge is 2.25. The smallest absolute Gasteiger partial charge is 0.295 e. The van der Waals surface area contributed by atoms with Crippen LogP contribution in [0.4, 0.5) is 5.69 Å². The zero-order valence-electron chi connectivity index (χ0n) is 5.77. The van der Waals surface area contributed by atoms with Crippen LogP contribution < -0.4 is 15.6 Å². The number of aliphatic hydroxyl groups is 1. The fourth-order valence-corrected chi connectivity index (χ4v) is 1.06. The molecule has 1 aromatic carbocycles. The number of rotatable bonds is 0. The molecule has 1 aliphatic heterocycles. The number of aliphatic hydroxyl groups excluding tert-OH is 1. The highest BCUT2D eigenvalue weighted by atomic mass is 16.6. The van der Waals surface area contributed by atoms with Gasteiger partial charge in [0.15, 0.2) is 0 Å². The summed E-state index contributed by atoms with van der Waals surface area (Å²) >= 11 is 0. The summed E-state index contributed by atoms with van der Waals surface area (Å²) in [7, 11) is 0. The first-order valence-electron chi connectivity index (χ1n) is 3.27. The molecule has 1 aromatic rings. The average Bonchev–Trinajstić information content (AvgIpc) is 2.30. The molecule has 0 aliphatic carbocycles. The summed E-state index contributed by atoms with van der Waals surface area (Å²) in [6.07, 6.45) is -1.05. The van der Waals surface area contributed by atoms with Crippen molar-refractivity contribution in [2.75, 3.05) is 5.01 Å². The Morgan fingerprint density at radius 3 is 2.91 bits per heavy atom. The lowest BCUT2D eigenvalue weighted by Gasteiger charge is -2.12. The van der Waals surface area contributed by atoms with Gasteiger partial charge in [0.25, 0.3) is 6.41 Å². The number of nitrogens with zero attached hydrogens (tertiary/aromatic N) is 1. The molecular formula is C7H8N2O2. The molecule has 0 saturated carbocycles. The van der Waals surface area contributed by atoms with Gasteiger partial charge >= 0.3 is 0 Å². The molecule has 1 unspecified atom stereocenters. The molecule has 0 aromatic heterocycles. The minimum Gasteiger partial charge on any atom is -0.443 e. The highest BCUT2D eigenvalue weighted by Crippen LogP contribution is 2.33. The van der Waals surface area contributed by atoms with E-state index in [1.807, 2.05) is 12.1 Å². The topological polar surface area (TPSA) is 58.7 Å². The van der Waals surface area contributed by atoms with Crippen molar-refractivity contribution in [2.45, 2.75) is 6.41 Å². The second-order valence-electron chi connectivity index (χ2n) is 2.32. The zero-order valence-corrected chi connectivity index (χ0v) is 5.77. The summed E-state index contributed by atoms with van der Waals surface area (Å²) in [5, 5.41) is 10.3. The molecule has 4 nitrogen and oxygen atoms in total. The van der Waals surface area contributed by atoms with E-state index in [9.17, 15) is 0 Å². The van der Waals surface area contributed by atoms with Crippen molar-refractivity contribution >= 4 is 5.69 Å². The second kappa shape index (κ2) is 2.11. The van der Waals surface area contributed by atoms with E-state index in [4.69, 9.17) is 15.7 Å². The number of benzene rings is 1. The van der Waals surface area contributed by atoms with Gasteiger partial charge in [0.05, 0.1) is 0 Å². The Morgan fingerprint density at radius 1 is 1.45 bits per heavy atom. The summed E-state index contributed by atoms with van der Waals surface area (Å²) in [5.74, 6) is 6.06. The van der Waals surface area contributed by atoms with Gasteiger partial charge in [-0.3, -0.25) is 0 Å². The molecule has 3 N–H and O–H groups in total. The first-order valence-corrected chi connectivity index (χ1v) is 3.27. The number of ether oxygens (including phenoxy) is 1. The van der Waals surface area contributed by atoms with Crippen LogP contribution in [0.2, 0.25) is 0 Å². The van der Waals surface area contributed by atoms with Crippen molar-refractivity contribution < 1.29 is 9.84 Å². The van der Waals surface area contributed by atoms with Gasteiger partial charge in [-0.2, -0.15) is 0 Å². The molecule has 1 atom stereocenters. The Balaban J connectivity index is 2.47. The predicted octanol–water partition coefficient (Wildman–Crippen LogP) is 0.0350. The summed E-state index contributed by atoms with van der Waals surface area (Å²) in [5.41, 5.74) is 0.708. The molecular weight excluding hydrogens is 144 g/mol. The molecule has 4 heteroatoms. The average molecular weight is 152 g/mol. The molecule has 1 heterocycles. The van der Waals surface area contributed by atoms with Crippen LogP contribution >= 0.6 is 0 Å².